The molecule has 1 atom stereocenters. The van der Waals surface area contributed by atoms with Gasteiger partial charge in [-0.1, -0.05) is 34.1 Å². The van der Waals surface area contributed by atoms with E-state index >= 15 is 0 Å². The molecular weight excluding hydrogens is 470 g/mol. The first-order valence-electron chi connectivity index (χ1n) is 9.40. The van der Waals surface area contributed by atoms with E-state index in [9.17, 15) is 9.59 Å². The second-order valence-electron chi connectivity index (χ2n) is 6.92. The van der Waals surface area contributed by atoms with Crippen LogP contribution in [0.3, 0.4) is 0 Å². The molecule has 1 saturated heterocycles. The standard InChI is InChI=1S/C21H20BrN3O2S2/c22-15-7-5-14(6-8-15)18-4-1-9-25(18)20(27)11-16-13-29-21(23-16)24-19(26)12-17-3-2-10-28-17/h2-3,5-8,10,13,18H,1,4,9,11-12H2,(H,23,24,26). The fraction of sp³-hybridized carbons (Fsp3) is 0.286. The predicted molar refractivity (Wildman–Crippen MR) is 120 cm³/mol. The van der Waals surface area contributed by atoms with Gasteiger partial charge in [-0.15, -0.1) is 22.7 Å². The number of hydrogen-bond donors (Lipinski definition) is 1. The van der Waals surface area contributed by atoms with Crippen LogP contribution >= 0.6 is 38.6 Å². The first-order valence-corrected chi connectivity index (χ1v) is 12.0. The van der Waals surface area contributed by atoms with Crippen molar-refractivity contribution in [3.8, 4) is 0 Å². The van der Waals surface area contributed by atoms with Gasteiger partial charge in [0.25, 0.3) is 0 Å². The van der Waals surface area contributed by atoms with Crippen LogP contribution in [0.4, 0.5) is 5.13 Å². The number of nitrogens with one attached hydrogen (secondary N) is 1. The number of halogens is 1. The number of carbonyl (C=O) groups is 2. The molecule has 2 aromatic heterocycles. The average molecular weight is 490 g/mol. The van der Waals surface area contributed by atoms with Crippen LogP contribution in [0.25, 0.3) is 0 Å². The molecule has 150 valence electrons. The van der Waals surface area contributed by atoms with E-state index < -0.39 is 0 Å². The molecule has 1 aliphatic rings. The highest BCUT2D eigenvalue weighted by molar-refractivity contribution is 9.10. The molecule has 1 N–H and O–H groups in total. The molecule has 1 aromatic carbocycles. The molecule has 0 bridgehead atoms. The average Bonchev–Trinajstić information content (AvgIpc) is 3.44. The predicted octanol–water partition coefficient (Wildman–Crippen LogP) is 5.05. The molecule has 3 aromatic rings. The van der Waals surface area contributed by atoms with Gasteiger partial charge in [0.2, 0.25) is 11.8 Å². The molecule has 2 amide bonds. The van der Waals surface area contributed by atoms with E-state index in [0.29, 0.717) is 17.2 Å². The molecule has 0 aliphatic carbocycles. The molecule has 5 nitrogen and oxygen atoms in total. The summed E-state index contributed by atoms with van der Waals surface area (Å²) in [7, 11) is 0. The van der Waals surface area contributed by atoms with Crippen LogP contribution in [-0.4, -0.2) is 28.2 Å². The van der Waals surface area contributed by atoms with E-state index in [1.165, 1.54) is 16.9 Å². The Kier molecular flexibility index (Phi) is 6.42. The minimum absolute atomic E-state index is 0.0807. The lowest BCUT2D eigenvalue weighted by Crippen LogP contribution is -2.31. The van der Waals surface area contributed by atoms with Crippen LogP contribution < -0.4 is 5.32 Å². The smallest absolute Gasteiger partial charge is 0.231 e. The van der Waals surface area contributed by atoms with E-state index in [4.69, 9.17) is 0 Å². The largest absolute Gasteiger partial charge is 0.335 e. The Hall–Kier alpha value is -2.03. The summed E-state index contributed by atoms with van der Waals surface area (Å²) in [5.41, 5.74) is 1.87. The fourth-order valence-electron chi connectivity index (χ4n) is 3.53. The summed E-state index contributed by atoms with van der Waals surface area (Å²) in [5, 5.41) is 7.18. The Labute approximate surface area is 185 Å². The fourth-order valence-corrected chi connectivity index (χ4v) is 5.23. The minimum Gasteiger partial charge on any atom is -0.335 e. The number of aromatic nitrogens is 1. The summed E-state index contributed by atoms with van der Waals surface area (Å²) < 4.78 is 1.04. The molecule has 29 heavy (non-hydrogen) atoms. The number of rotatable bonds is 6. The summed E-state index contributed by atoms with van der Waals surface area (Å²) in [5.74, 6) is -0.00768. The minimum atomic E-state index is -0.0884. The SMILES string of the molecule is O=C(Cc1cccs1)Nc1nc(CC(=O)N2CCCC2c2ccc(Br)cc2)cs1. The summed E-state index contributed by atoms with van der Waals surface area (Å²) >= 11 is 6.38. The van der Waals surface area contributed by atoms with E-state index in [-0.39, 0.29) is 24.3 Å². The van der Waals surface area contributed by atoms with Gasteiger partial charge in [-0.2, -0.15) is 0 Å². The van der Waals surface area contributed by atoms with Crippen LogP contribution in [0.2, 0.25) is 0 Å². The lowest BCUT2D eigenvalue weighted by atomic mass is 10.0. The van der Waals surface area contributed by atoms with Crippen molar-refractivity contribution in [2.75, 3.05) is 11.9 Å². The normalized spacial score (nSPS) is 16.2. The van der Waals surface area contributed by atoms with Gasteiger partial charge < -0.3 is 10.2 Å². The number of likely N-dealkylation sites (tertiary alicyclic amines) is 1. The third-order valence-electron chi connectivity index (χ3n) is 4.87. The first-order chi connectivity index (χ1) is 14.1. The van der Waals surface area contributed by atoms with Gasteiger partial charge in [0.1, 0.15) is 0 Å². The van der Waals surface area contributed by atoms with Gasteiger partial charge in [-0.3, -0.25) is 9.59 Å². The molecule has 1 unspecified atom stereocenters. The van der Waals surface area contributed by atoms with E-state index in [2.05, 4.69) is 38.4 Å². The molecule has 3 heterocycles. The van der Waals surface area contributed by atoms with Crippen molar-refractivity contribution >= 4 is 55.5 Å². The van der Waals surface area contributed by atoms with Crippen LogP contribution in [0.1, 0.15) is 35.0 Å². The second kappa shape index (κ2) is 9.19. The van der Waals surface area contributed by atoms with E-state index in [0.717, 1.165) is 28.7 Å². The van der Waals surface area contributed by atoms with Crippen molar-refractivity contribution in [2.24, 2.45) is 0 Å². The zero-order chi connectivity index (χ0) is 20.2. The van der Waals surface area contributed by atoms with Gasteiger partial charge in [-0.05, 0) is 42.0 Å². The maximum Gasteiger partial charge on any atom is 0.231 e. The van der Waals surface area contributed by atoms with E-state index in [1.807, 2.05) is 39.9 Å². The Morgan fingerprint density at radius 1 is 1.17 bits per heavy atom. The highest BCUT2D eigenvalue weighted by Gasteiger charge is 2.30. The van der Waals surface area contributed by atoms with Crippen LogP contribution in [0.5, 0.6) is 0 Å². The molecule has 0 saturated carbocycles. The van der Waals surface area contributed by atoms with Crippen LogP contribution in [0, 0.1) is 0 Å². The number of hydrogen-bond acceptors (Lipinski definition) is 5. The summed E-state index contributed by atoms with van der Waals surface area (Å²) in [6.45, 7) is 0.772. The number of benzene rings is 1. The zero-order valence-electron chi connectivity index (χ0n) is 15.6. The highest BCUT2D eigenvalue weighted by Crippen LogP contribution is 2.33. The Balaban J connectivity index is 1.36. The highest BCUT2D eigenvalue weighted by atomic mass is 79.9. The molecule has 8 heteroatoms. The van der Waals surface area contributed by atoms with Crippen molar-refractivity contribution < 1.29 is 9.59 Å². The van der Waals surface area contributed by atoms with Crippen molar-refractivity contribution in [1.82, 2.24) is 9.88 Å². The Morgan fingerprint density at radius 2 is 2.00 bits per heavy atom. The number of anilines is 1. The number of amides is 2. The molecule has 4 rings (SSSR count). The number of thiazole rings is 1. The van der Waals surface area contributed by atoms with Gasteiger partial charge in [0.15, 0.2) is 5.13 Å². The lowest BCUT2D eigenvalue weighted by molar-refractivity contribution is -0.131. The topological polar surface area (TPSA) is 62.3 Å². The van der Waals surface area contributed by atoms with Crippen LogP contribution in [-0.2, 0) is 22.4 Å². The molecule has 0 radical (unpaired) electrons. The zero-order valence-corrected chi connectivity index (χ0v) is 18.9. The third kappa shape index (κ3) is 5.12. The maximum atomic E-state index is 12.9. The lowest BCUT2D eigenvalue weighted by Gasteiger charge is -2.25. The molecule has 1 fully saturated rings. The quantitative estimate of drug-likeness (QED) is 0.526. The Morgan fingerprint density at radius 3 is 2.76 bits per heavy atom. The summed E-state index contributed by atoms with van der Waals surface area (Å²) in [4.78, 5) is 32.4. The van der Waals surface area contributed by atoms with Gasteiger partial charge in [0.05, 0.1) is 24.6 Å². The van der Waals surface area contributed by atoms with Crippen molar-refractivity contribution in [3.05, 3.63) is 67.8 Å². The number of carbonyl (C=O) groups excluding carboxylic acids is 2. The number of thiophene rings is 1. The number of nitrogens with zero attached hydrogens (tertiary/aromatic N) is 2. The van der Waals surface area contributed by atoms with Crippen LogP contribution in [0.15, 0.2) is 51.6 Å². The van der Waals surface area contributed by atoms with Gasteiger partial charge in [-0.25, -0.2) is 4.98 Å². The maximum absolute atomic E-state index is 12.9. The van der Waals surface area contributed by atoms with E-state index in [1.54, 1.807) is 11.3 Å². The molecule has 0 spiro atoms. The molecular formula is C21H20BrN3O2S2. The summed E-state index contributed by atoms with van der Waals surface area (Å²) in [6, 6.07) is 12.2. The Bertz CT molecular complexity index is 986. The van der Waals surface area contributed by atoms with Crippen molar-refractivity contribution in [1.29, 1.82) is 0 Å². The monoisotopic (exact) mass is 489 g/mol. The summed E-state index contributed by atoms with van der Waals surface area (Å²) in [6.07, 6.45) is 2.58. The first kappa shape index (κ1) is 20.3. The van der Waals surface area contributed by atoms with Gasteiger partial charge in [0, 0.05) is 21.3 Å². The van der Waals surface area contributed by atoms with Crippen molar-refractivity contribution in [3.63, 3.8) is 0 Å². The van der Waals surface area contributed by atoms with Crippen molar-refractivity contribution in [2.45, 2.75) is 31.7 Å². The van der Waals surface area contributed by atoms with Gasteiger partial charge >= 0.3 is 0 Å². The third-order valence-corrected chi connectivity index (χ3v) is 7.08. The molecule has 1 aliphatic heterocycles. The second-order valence-corrected chi connectivity index (χ2v) is 9.73.